The Morgan fingerprint density at radius 2 is 1.95 bits per heavy atom. The minimum atomic E-state index is -0.975. The lowest BCUT2D eigenvalue weighted by Crippen LogP contribution is -2.35. The van der Waals surface area contributed by atoms with Crippen molar-refractivity contribution in [1.82, 2.24) is 25.1 Å². The zero-order valence-corrected chi connectivity index (χ0v) is 12.1. The van der Waals surface area contributed by atoms with Crippen molar-refractivity contribution in [1.29, 1.82) is 0 Å². The van der Waals surface area contributed by atoms with Crippen molar-refractivity contribution in [3.05, 3.63) is 29.8 Å². The van der Waals surface area contributed by atoms with E-state index in [0.29, 0.717) is 5.82 Å². The number of tetrazole rings is 1. The number of hydrogen-bond donors (Lipinski definition) is 1. The zero-order chi connectivity index (χ0) is 15.4. The van der Waals surface area contributed by atoms with Crippen LogP contribution in [-0.4, -0.2) is 62.5 Å². The first-order valence-corrected chi connectivity index (χ1v) is 7.10. The summed E-state index contributed by atoms with van der Waals surface area (Å²) in [5.74, 6) is -0.516. The molecule has 0 aliphatic carbocycles. The van der Waals surface area contributed by atoms with Gasteiger partial charge >= 0.3 is 5.97 Å². The fourth-order valence-corrected chi connectivity index (χ4v) is 2.42. The van der Waals surface area contributed by atoms with Crippen molar-refractivity contribution < 1.29 is 14.6 Å². The fraction of sp³-hybridized carbons (Fsp3) is 0.429. The second kappa shape index (κ2) is 6.63. The topological polar surface area (TPSA) is 93.4 Å². The summed E-state index contributed by atoms with van der Waals surface area (Å²) in [5, 5.41) is 20.0. The summed E-state index contributed by atoms with van der Waals surface area (Å²) in [6.07, 6.45) is 0. The van der Waals surface area contributed by atoms with Crippen LogP contribution in [0.5, 0.6) is 0 Å². The van der Waals surface area contributed by atoms with E-state index in [1.54, 1.807) is 0 Å². The smallest absolute Gasteiger partial charge is 0.325 e. The van der Waals surface area contributed by atoms with E-state index in [9.17, 15) is 4.79 Å². The molecule has 0 unspecified atom stereocenters. The van der Waals surface area contributed by atoms with Crippen LogP contribution in [0.2, 0.25) is 0 Å². The van der Waals surface area contributed by atoms with E-state index in [2.05, 4.69) is 20.4 Å². The Hall–Kier alpha value is -2.32. The van der Waals surface area contributed by atoms with Gasteiger partial charge in [-0.2, -0.15) is 0 Å². The Balaban J connectivity index is 1.71. The molecule has 0 spiro atoms. The molecule has 22 heavy (non-hydrogen) atoms. The lowest BCUT2D eigenvalue weighted by atomic mass is 10.1. The number of aliphatic carboxylic acids is 1. The molecule has 0 amide bonds. The Kier molecular flexibility index (Phi) is 4.40. The van der Waals surface area contributed by atoms with Gasteiger partial charge in [0.2, 0.25) is 0 Å². The first kappa shape index (κ1) is 14.6. The number of aromatic nitrogens is 4. The summed E-state index contributed by atoms with van der Waals surface area (Å²) in [4.78, 5) is 13.1. The van der Waals surface area contributed by atoms with Gasteiger partial charge in [-0.1, -0.05) is 24.3 Å². The molecule has 2 heterocycles. The van der Waals surface area contributed by atoms with E-state index in [1.165, 1.54) is 10.2 Å². The number of carbonyl (C=O) groups is 1. The Bertz CT molecular complexity index is 634. The summed E-state index contributed by atoms with van der Waals surface area (Å²) < 4.78 is 6.61. The molecule has 0 radical (unpaired) electrons. The molecule has 1 aromatic heterocycles. The summed E-state index contributed by atoms with van der Waals surface area (Å²) in [5.41, 5.74) is 2.00. The van der Waals surface area contributed by atoms with Crippen LogP contribution >= 0.6 is 0 Å². The van der Waals surface area contributed by atoms with Crippen molar-refractivity contribution in [2.45, 2.75) is 13.1 Å². The average Bonchev–Trinajstić information content (AvgIpc) is 2.96. The number of benzene rings is 1. The van der Waals surface area contributed by atoms with Crippen molar-refractivity contribution in [3.8, 4) is 11.4 Å². The van der Waals surface area contributed by atoms with E-state index in [1.807, 2.05) is 24.3 Å². The van der Waals surface area contributed by atoms with Crippen LogP contribution in [0.4, 0.5) is 0 Å². The van der Waals surface area contributed by atoms with Gasteiger partial charge in [0.15, 0.2) is 5.82 Å². The second-order valence-corrected chi connectivity index (χ2v) is 5.14. The van der Waals surface area contributed by atoms with Crippen molar-refractivity contribution in [3.63, 3.8) is 0 Å². The van der Waals surface area contributed by atoms with Gasteiger partial charge in [0.1, 0.15) is 6.54 Å². The predicted molar refractivity (Wildman–Crippen MR) is 77.0 cm³/mol. The highest BCUT2D eigenvalue weighted by atomic mass is 16.5. The molecule has 116 valence electrons. The lowest BCUT2D eigenvalue weighted by Gasteiger charge is -2.26. The maximum absolute atomic E-state index is 10.8. The third-order valence-corrected chi connectivity index (χ3v) is 3.54. The number of carboxylic acid groups (broad SMARTS) is 1. The van der Waals surface area contributed by atoms with Crippen molar-refractivity contribution in [2.24, 2.45) is 0 Å². The number of hydrogen-bond acceptors (Lipinski definition) is 6. The summed E-state index contributed by atoms with van der Waals surface area (Å²) in [6, 6.07) is 7.87. The molecule has 0 atom stereocenters. The normalized spacial score (nSPS) is 15.8. The first-order chi connectivity index (χ1) is 10.7. The minimum absolute atomic E-state index is 0.252. The Morgan fingerprint density at radius 3 is 2.64 bits per heavy atom. The fourth-order valence-electron chi connectivity index (χ4n) is 2.42. The van der Waals surface area contributed by atoms with E-state index < -0.39 is 5.97 Å². The van der Waals surface area contributed by atoms with Gasteiger partial charge < -0.3 is 9.84 Å². The number of nitrogens with zero attached hydrogens (tertiary/aromatic N) is 5. The van der Waals surface area contributed by atoms with Crippen LogP contribution in [-0.2, 0) is 22.6 Å². The molecular formula is C14H17N5O3. The van der Waals surface area contributed by atoms with E-state index in [0.717, 1.165) is 38.4 Å². The monoisotopic (exact) mass is 303 g/mol. The van der Waals surface area contributed by atoms with Crippen LogP contribution in [0.15, 0.2) is 24.3 Å². The van der Waals surface area contributed by atoms with Crippen LogP contribution in [0.3, 0.4) is 0 Å². The molecule has 3 rings (SSSR count). The highest BCUT2D eigenvalue weighted by Crippen LogP contribution is 2.17. The maximum Gasteiger partial charge on any atom is 0.325 e. The molecule has 1 aliphatic heterocycles. The summed E-state index contributed by atoms with van der Waals surface area (Å²) in [7, 11) is 0. The van der Waals surface area contributed by atoms with Gasteiger partial charge in [-0.05, 0) is 16.0 Å². The Morgan fingerprint density at radius 1 is 1.23 bits per heavy atom. The van der Waals surface area contributed by atoms with Crippen molar-refractivity contribution >= 4 is 5.97 Å². The number of morpholine rings is 1. The van der Waals surface area contributed by atoms with Gasteiger partial charge in [-0.15, -0.1) is 5.10 Å². The maximum atomic E-state index is 10.8. The SMILES string of the molecule is O=C(O)Cn1nnnc1-c1ccc(CN2CCOCC2)cc1. The van der Waals surface area contributed by atoms with E-state index >= 15 is 0 Å². The Labute approximate surface area is 127 Å². The standard InChI is InChI=1S/C14H17N5O3/c20-13(21)10-19-14(15-16-17-19)12-3-1-11(2-4-12)9-18-5-7-22-8-6-18/h1-4H,5-10H2,(H,20,21). The van der Waals surface area contributed by atoms with Crippen LogP contribution < -0.4 is 0 Å². The quantitative estimate of drug-likeness (QED) is 0.846. The molecule has 0 bridgehead atoms. The number of rotatable bonds is 5. The van der Waals surface area contributed by atoms with E-state index in [-0.39, 0.29) is 6.54 Å². The lowest BCUT2D eigenvalue weighted by molar-refractivity contribution is -0.137. The van der Waals surface area contributed by atoms with Crippen molar-refractivity contribution in [2.75, 3.05) is 26.3 Å². The predicted octanol–water partition coefficient (Wildman–Crippen LogP) is 0.257. The minimum Gasteiger partial charge on any atom is -0.480 e. The molecular weight excluding hydrogens is 286 g/mol. The molecule has 8 nitrogen and oxygen atoms in total. The molecule has 2 aromatic rings. The number of carboxylic acids is 1. The van der Waals surface area contributed by atoms with Gasteiger partial charge in [-0.3, -0.25) is 9.69 Å². The summed E-state index contributed by atoms with van der Waals surface area (Å²) in [6.45, 7) is 4.07. The van der Waals surface area contributed by atoms with Crippen LogP contribution in [0, 0.1) is 0 Å². The zero-order valence-electron chi connectivity index (χ0n) is 12.1. The molecule has 8 heteroatoms. The highest BCUT2D eigenvalue weighted by Gasteiger charge is 2.13. The third kappa shape index (κ3) is 3.46. The van der Waals surface area contributed by atoms with Gasteiger partial charge in [0, 0.05) is 25.2 Å². The summed E-state index contributed by atoms with van der Waals surface area (Å²) >= 11 is 0. The second-order valence-electron chi connectivity index (χ2n) is 5.14. The van der Waals surface area contributed by atoms with E-state index in [4.69, 9.17) is 9.84 Å². The van der Waals surface area contributed by atoms with Crippen LogP contribution in [0.25, 0.3) is 11.4 Å². The molecule has 1 N–H and O–H groups in total. The average molecular weight is 303 g/mol. The molecule has 1 aliphatic rings. The molecule has 1 aromatic carbocycles. The highest BCUT2D eigenvalue weighted by molar-refractivity contribution is 5.67. The first-order valence-electron chi connectivity index (χ1n) is 7.10. The molecule has 1 saturated heterocycles. The van der Waals surface area contributed by atoms with Gasteiger partial charge in [0.05, 0.1) is 13.2 Å². The van der Waals surface area contributed by atoms with Gasteiger partial charge in [0.25, 0.3) is 0 Å². The largest absolute Gasteiger partial charge is 0.480 e. The third-order valence-electron chi connectivity index (χ3n) is 3.54. The number of ether oxygens (including phenoxy) is 1. The van der Waals surface area contributed by atoms with Crippen LogP contribution in [0.1, 0.15) is 5.56 Å². The molecule has 1 fully saturated rings. The molecule has 0 saturated carbocycles. The van der Waals surface area contributed by atoms with Gasteiger partial charge in [-0.25, -0.2) is 4.68 Å².